The third kappa shape index (κ3) is 3.38. The first-order valence-electron chi connectivity index (χ1n) is 12.0. The molecule has 0 nitrogen and oxygen atoms in total. The van der Waals surface area contributed by atoms with Crippen LogP contribution in [0.1, 0.15) is 30.5 Å². The molecule has 0 aliphatic heterocycles. The smallest absolute Gasteiger partial charge is 0.0158 e. The van der Waals surface area contributed by atoms with E-state index >= 15 is 0 Å². The number of aryl methyl sites for hydroxylation is 1. The highest BCUT2D eigenvalue weighted by Gasteiger charge is 2.35. The molecule has 0 fully saturated rings. The van der Waals surface area contributed by atoms with Crippen molar-refractivity contribution in [3.63, 3.8) is 0 Å². The van der Waals surface area contributed by atoms with Gasteiger partial charge in [0.05, 0.1) is 0 Å². The van der Waals surface area contributed by atoms with Crippen LogP contribution < -0.4 is 0 Å². The Kier molecular flexibility index (Phi) is 4.78. The maximum absolute atomic E-state index is 2.38. The Morgan fingerprint density at radius 3 is 1.62 bits per heavy atom. The Bertz CT molecular complexity index is 1500. The van der Waals surface area contributed by atoms with E-state index in [9.17, 15) is 0 Å². The lowest BCUT2D eigenvalue weighted by Crippen LogP contribution is -2.14. The summed E-state index contributed by atoms with van der Waals surface area (Å²) in [6.07, 6.45) is 0. The Morgan fingerprint density at radius 1 is 0.412 bits per heavy atom. The quantitative estimate of drug-likeness (QED) is 0.264. The van der Waals surface area contributed by atoms with Gasteiger partial charge in [-0.3, -0.25) is 0 Å². The van der Waals surface area contributed by atoms with Gasteiger partial charge in [0.25, 0.3) is 0 Å². The molecule has 164 valence electrons. The summed E-state index contributed by atoms with van der Waals surface area (Å²) in [5.41, 5.74) is 14.4. The molecule has 0 heterocycles. The third-order valence-corrected chi connectivity index (χ3v) is 7.38. The molecule has 1 aliphatic carbocycles. The van der Waals surface area contributed by atoms with Gasteiger partial charge < -0.3 is 0 Å². The Hall–Kier alpha value is -3.90. The van der Waals surface area contributed by atoms with E-state index in [1.54, 1.807) is 0 Å². The number of fused-ring (bicyclic) bond motifs is 3. The van der Waals surface area contributed by atoms with E-state index in [1.165, 1.54) is 61.2 Å². The van der Waals surface area contributed by atoms with Crippen molar-refractivity contribution in [2.24, 2.45) is 0 Å². The second kappa shape index (κ2) is 7.85. The van der Waals surface area contributed by atoms with Gasteiger partial charge >= 0.3 is 0 Å². The van der Waals surface area contributed by atoms with Crippen LogP contribution in [0, 0.1) is 6.92 Å². The van der Waals surface area contributed by atoms with Crippen LogP contribution >= 0.6 is 0 Å². The highest BCUT2D eigenvalue weighted by atomic mass is 14.4. The van der Waals surface area contributed by atoms with Crippen molar-refractivity contribution in [3.05, 3.63) is 132 Å². The standard InChI is InChI=1S/C34H28/c1-23-11-13-24(14-12-23)25-15-17-26(18-16-25)27-7-6-8-28(21-27)29-19-20-33-31(22-29)30-9-4-5-10-32(30)34(33,2)3/h4-22H,1-3H3. The lowest BCUT2D eigenvalue weighted by molar-refractivity contribution is 0.660. The van der Waals surface area contributed by atoms with Gasteiger partial charge in [-0.2, -0.15) is 0 Å². The first-order chi connectivity index (χ1) is 16.5. The van der Waals surface area contributed by atoms with E-state index in [4.69, 9.17) is 0 Å². The van der Waals surface area contributed by atoms with Crippen molar-refractivity contribution in [1.29, 1.82) is 0 Å². The molecule has 0 aromatic heterocycles. The van der Waals surface area contributed by atoms with Crippen LogP contribution in [0.15, 0.2) is 115 Å². The van der Waals surface area contributed by atoms with Crippen LogP contribution in [0.4, 0.5) is 0 Å². The minimum absolute atomic E-state index is 0.0471. The summed E-state index contributed by atoms with van der Waals surface area (Å²) in [6.45, 7) is 6.79. The lowest BCUT2D eigenvalue weighted by Gasteiger charge is -2.21. The third-order valence-electron chi connectivity index (χ3n) is 7.38. The minimum Gasteiger partial charge on any atom is -0.0619 e. The van der Waals surface area contributed by atoms with Gasteiger partial charge in [0.15, 0.2) is 0 Å². The first-order valence-corrected chi connectivity index (χ1v) is 12.0. The molecule has 0 saturated heterocycles. The van der Waals surface area contributed by atoms with Crippen molar-refractivity contribution >= 4 is 0 Å². The van der Waals surface area contributed by atoms with Gasteiger partial charge in [-0.1, -0.05) is 123 Å². The van der Waals surface area contributed by atoms with Crippen molar-refractivity contribution in [3.8, 4) is 44.5 Å². The van der Waals surface area contributed by atoms with Crippen molar-refractivity contribution in [2.45, 2.75) is 26.2 Å². The van der Waals surface area contributed by atoms with Crippen LogP contribution in [-0.2, 0) is 5.41 Å². The monoisotopic (exact) mass is 436 g/mol. The summed E-state index contributed by atoms with van der Waals surface area (Å²) in [5, 5.41) is 0. The van der Waals surface area contributed by atoms with E-state index in [-0.39, 0.29) is 5.41 Å². The number of benzene rings is 5. The van der Waals surface area contributed by atoms with Gasteiger partial charge in [-0.05, 0) is 74.7 Å². The predicted octanol–water partition coefficient (Wildman–Crippen LogP) is 9.30. The SMILES string of the molecule is Cc1ccc(-c2ccc(-c3cccc(-c4ccc5c(c4)-c4ccccc4C5(C)C)c3)cc2)cc1. The lowest BCUT2D eigenvalue weighted by atomic mass is 9.82. The van der Waals surface area contributed by atoms with Gasteiger partial charge in [-0.25, -0.2) is 0 Å². The summed E-state index contributed by atoms with van der Waals surface area (Å²) in [7, 11) is 0. The predicted molar refractivity (Wildman–Crippen MR) is 145 cm³/mol. The molecule has 0 N–H and O–H groups in total. The zero-order valence-electron chi connectivity index (χ0n) is 20.0. The van der Waals surface area contributed by atoms with Crippen LogP contribution in [0.25, 0.3) is 44.5 Å². The fourth-order valence-corrected chi connectivity index (χ4v) is 5.38. The zero-order valence-corrected chi connectivity index (χ0v) is 20.0. The molecule has 0 amide bonds. The molecular weight excluding hydrogens is 408 g/mol. The summed E-state index contributed by atoms with van der Waals surface area (Å²) >= 11 is 0. The molecule has 5 aromatic rings. The summed E-state index contributed by atoms with van der Waals surface area (Å²) in [6, 6.07) is 42.4. The molecule has 0 spiro atoms. The van der Waals surface area contributed by atoms with E-state index < -0.39 is 0 Å². The molecule has 0 heteroatoms. The average molecular weight is 437 g/mol. The highest BCUT2D eigenvalue weighted by Crippen LogP contribution is 2.49. The topological polar surface area (TPSA) is 0 Å². The minimum atomic E-state index is 0.0471. The Labute approximate surface area is 202 Å². The number of hydrogen-bond donors (Lipinski definition) is 0. The molecule has 0 radical (unpaired) electrons. The summed E-state index contributed by atoms with van der Waals surface area (Å²) in [5.74, 6) is 0. The fourth-order valence-electron chi connectivity index (χ4n) is 5.38. The normalized spacial score (nSPS) is 13.4. The van der Waals surface area contributed by atoms with E-state index in [0.717, 1.165) is 0 Å². The number of hydrogen-bond acceptors (Lipinski definition) is 0. The van der Waals surface area contributed by atoms with Gasteiger partial charge in [0.2, 0.25) is 0 Å². The van der Waals surface area contributed by atoms with Crippen molar-refractivity contribution in [1.82, 2.24) is 0 Å². The van der Waals surface area contributed by atoms with E-state index in [2.05, 4.69) is 136 Å². The largest absolute Gasteiger partial charge is 0.0619 e. The van der Waals surface area contributed by atoms with E-state index in [1.807, 2.05) is 0 Å². The molecule has 6 rings (SSSR count). The van der Waals surface area contributed by atoms with Crippen LogP contribution in [0.2, 0.25) is 0 Å². The second-order valence-electron chi connectivity index (χ2n) is 9.96. The first kappa shape index (κ1) is 20.7. The zero-order chi connectivity index (χ0) is 23.3. The van der Waals surface area contributed by atoms with Crippen LogP contribution in [0.5, 0.6) is 0 Å². The van der Waals surface area contributed by atoms with Gasteiger partial charge in [-0.15, -0.1) is 0 Å². The van der Waals surface area contributed by atoms with Crippen molar-refractivity contribution in [2.75, 3.05) is 0 Å². The van der Waals surface area contributed by atoms with Crippen molar-refractivity contribution < 1.29 is 0 Å². The van der Waals surface area contributed by atoms with Gasteiger partial charge in [0.1, 0.15) is 0 Å². The molecule has 0 bridgehead atoms. The van der Waals surface area contributed by atoms with Gasteiger partial charge in [0, 0.05) is 5.41 Å². The summed E-state index contributed by atoms with van der Waals surface area (Å²) < 4.78 is 0. The fraction of sp³-hybridized carbons (Fsp3) is 0.118. The number of rotatable bonds is 3. The van der Waals surface area contributed by atoms with Crippen LogP contribution in [0.3, 0.4) is 0 Å². The maximum Gasteiger partial charge on any atom is 0.0158 e. The molecule has 5 aromatic carbocycles. The Balaban J connectivity index is 1.35. The highest BCUT2D eigenvalue weighted by molar-refractivity contribution is 5.85. The summed E-state index contributed by atoms with van der Waals surface area (Å²) in [4.78, 5) is 0. The molecular formula is C34H28. The average Bonchev–Trinajstić information content (AvgIpc) is 3.11. The molecule has 0 saturated carbocycles. The van der Waals surface area contributed by atoms with E-state index in [0.29, 0.717) is 0 Å². The molecule has 0 unspecified atom stereocenters. The molecule has 34 heavy (non-hydrogen) atoms. The Morgan fingerprint density at radius 2 is 0.912 bits per heavy atom. The maximum atomic E-state index is 2.38. The second-order valence-corrected chi connectivity index (χ2v) is 9.96. The molecule has 0 atom stereocenters. The molecule has 1 aliphatic rings. The van der Waals surface area contributed by atoms with Crippen LogP contribution in [-0.4, -0.2) is 0 Å².